The number of alkyl halides is 3. The van der Waals surface area contributed by atoms with E-state index >= 15 is 0 Å². The van der Waals surface area contributed by atoms with Crippen LogP contribution < -0.4 is 4.90 Å². The SMILES string of the molecule is O=CC1=C[C@H]2[C@@H](c3cc(Cl)ccc3N(C(=O)C(F)(F)F)[C@@H]2c2ccccc2Cl)[C@@H]([N+](=O)[O-])[C@@H]1c1ccccc1Cl. The van der Waals surface area contributed by atoms with Gasteiger partial charge >= 0.3 is 12.1 Å². The topological polar surface area (TPSA) is 80.5 Å². The first-order chi connectivity index (χ1) is 19.0. The van der Waals surface area contributed by atoms with E-state index in [1.165, 1.54) is 48.5 Å². The van der Waals surface area contributed by atoms with Crippen molar-refractivity contribution in [1.82, 2.24) is 0 Å². The lowest BCUT2D eigenvalue weighted by Crippen LogP contribution is -2.54. The van der Waals surface area contributed by atoms with E-state index in [1.54, 1.807) is 24.3 Å². The average molecular weight is 610 g/mol. The quantitative estimate of drug-likeness (QED) is 0.174. The highest BCUT2D eigenvalue weighted by Crippen LogP contribution is 2.58. The number of hydrogen-bond acceptors (Lipinski definition) is 4. The van der Waals surface area contributed by atoms with Gasteiger partial charge in [-0.25, -0.2) is 0 Å². The van der Waals surface area contributed by atoms with Crippen LogP contribution in [0.15, 0.2) is 78.4 Å². The van der Waals surface area contributed by atoms with Crippen molar-refractivity contribution in [2.24, 2.45) is 5.92 Å². The summed E-state index contributed by atoms with van der Waals surface area (Å²) < 4.78 is 42.2. The van der Waals surface area contributed by atoms with Gasteiger partial charge in [-0.1, -0.05) is 77.3 Å². The molecule has 0 saturated carbocycles. The Labute approximate surface area is 241 Å². The number of amides is 1. The van der Waals surface area contributed by atoms with Crippen molar-refractivity contribution in [3.8, 4) is 0 Å². The van der Waals surface area contributed by atoms with Crippen molar-refractivity contribution in [2.75, 3.05) is 4.90 Å². The Morgan fingerprint density at radius 3 is 2.08 bits per heavy atom. The van der Waals surface area contributed by atoms with Gasteiger partial charge < -0.3 is 0 Å². The van der Waals surface area contributed by atoms with Crippen molar-refractivity contribution in [1.29, 1.82) is 0 Å². The second-order valence-corrected chi connectivity index (χ2v) is 10.8. The number of carbonyl (C=O) groups is 2. The monoisotopic (exact) mass is 608 g/mol. The van der Waals surface area contributed by atoms with Gasteiger partial charge in [0.2, 0.25) is 6.04 Å². The van der Waals surface area contributed by atoms with Crippen LogP contribution in [0, 0.1) is 16.0 Å². The molecule has 206 valence electrons. The van der Waals surface area contributed by atoms with Gasteiger partial charge in [-0.05, 0) is 47.0 Å². The average Bonchev–Trinajstić information content (AvgIpc) is 2.91. The number of benzene rings is 3. The molecule has 0 radical (unpaired) electrons. The molecule has 5 rings (SSSR count). The Bertz CT molecular complexity index is 1560. The molecule has 40 heavy (non-hydrogen) atoms. The Morgan fingerprint density at radius 2 is 1.52 bits per heavy atom. The Kier molecular flexibility index (Phi) is 7.41. The third-order valence-electron chi connectivity index (χ3n) is 7.42. The Morgan fingerprint density at radius 1 is 0.925 bits per heavy atom. The van der Waals surface area contributed by atoms with Crippen molar-refractivity contribution < 1.29 is 27.7 Å². The van der Waals surface area contributed by atoms with Gasteiger partial charge in [0, 0.05) is 37.2 Å². The van der Waals surface area contributed by atoms with Crippen molar-refractivity contribution in [2.45, 2.75) is 30.1 Å². The molecule has 1 aliphatic carbocycles. The third-order valence-corrected chi connectivity index (χ3v) is 8.35. The minimum Gasteiger partial charge on any atom is -0.298 e. The molecule has 12 heteroatoms. The molecule has 2 aliphatic rings. The molecule has 3 aromatic rings. The summed E-state index contributed by atoms with van der Waals surface area (Å²) in [6.07, 6.45) is -3.45. The van der Waals surface area contributed by atoms with Crippen LogP contribution in [0.1, 0.15) is 34.6 Å². The number of nitro groups is 1. The molecule has 3 aromatic carbocycles. The predicted octanol–water partition coefficient (Wildman–Crippen LogP) is 7.56. The molecular formula is C28H18Cl3F3N2O4. The van der Waals surface area contributed by atoms with Crippen LogP contribution in [-0.2, 0) is 9.59 Å². The summed E-state index contributed by atoms with van der Waals surface area (Å²) in [5, 5.41) is 13.2. The second-order valence-electron chi connectivity index (χ2n) is 9.51. The van der Waals surface area contributed by atoms with Gasteiger partial charge in [0.1, 0.15) is 6.29 Å². The van der Waals surface area contributed by atoms with Crippen LogP contribution in [0.5, 0.6) is 0 Å². The lowest BCUT2D eigenvalue weighted by molar-refractivity contribution is -0.532. The van der Waals surface area contributed by atoms with Gasteiger partial charge in [0.25, 0.3) is 0 Å². The minimum atomic E-state index is -5.29. The zero-order chi connectivity index (χ0) is 28.9. The van der Waals surface area contributed by atoms with Gasteiger partial charge in [-0.3, -0.25) is 24.6 Å². The lowest BCUT2D eigenvalue weighted by Gasteiger charge is -2.49. The fourth-order valence-electron chi connectivity index (χ4n) is 5.96. The van der Waals surface area contributed by atoms with E-state index in [0.717, 1.165) is 0 Å². The summed E-state index contributed by atoms with van der Waals surface area (Å²) in [5.74, 6) is -5.60. The molecule has 1 amide bonds. The van der Waals surface area contributed by atoms with Crippen LogP contribution in [0.4, 0.5) is 18.9 Å². The van der Waals surface area contributed by atoms with E-state index in [1.807, 2.05) is 0 Å². The van der Waals surface area contributed by atoms with E-state index in [0.29, 0.717) is 16.7 Å². The van der Waals surface area contributed by atoms with Crippen molar-refractivity contribution in [3.05, 3.63) is 120 Å². The lowest BCUT2D eigenvalue weighted by atomic mass is 9.62. The molecule has 6 nitrogen and oxygen atoms in total. The molecule has 0 fully saturated rings. The van der Waals surface area contributed by atoms with Crippen LogP contribution >= 0.6 is 34.8 Å². The molecule has 0 saturated heterocycles. The van der Waals surface area contributed by atoms with Crippen LogP contribution in [0.2, 0.25) is 15.1 Å². The molecule has 5 atom stereocenters. The molecule has 0 N–H and O–H groups in total. The Hall–Kier alpha value is -3.40. The standard InChI is InChI=1S/C28H18Cl3F3N2O4/c29-15-9-10-22-18(12-15)24-19(25(17-6-2-4-8-21(17)31)35(22)27(38)28(32,33)34)11-14(13-37)23(26(24)36(39)40)16-5-1-3-7-20(16)30/h1-13,19,23-26H/t19-,23-,24+,25+,26-/m0/s1. The van der Waals surface area contributed by atoms with E-state index in [4.69, 9.17) is 34.8 Å². The number of anilines is 1. The maximum absolute atomic E-state index is 14.1. The highest BCUT2D eigenvalue weighted by atomic mass is 35.5. The number of hydrogen-bond donors (Lipinski definition) is 0. The number of nitrogens with zero attached hydrogens (tertiary/aromatic N) is 2. The zero-order valence-electron chi connectivity index (χ0n) is 20.2. The number of halogens is 6. The van der Waals surface area contributed by atoms with E-state index in [-0.39, 0.29) is 37.5 Å². The number of aldehydes is 1. The maximum atomic E-state index is 14.1. The molecule has 0 spiro atoms. The number of rotatable bonds is 4. The van der Waals surface area contributed by atoms with Gasteiger partial charge in [0.05, 0.1) is 17.9 Å². The smallest absolute Gasteiger partial charge is 0.298 e. The molecule has 0 unspecified atom stereocenters. The van der Waals surface area contributed by atoms with Gasteiger partial charge in [-0.2, -0.15) is 13.2 Å². The van der Waals surface area contributed by atoms with E-state index in [9.17, 15) is 32.9 Å². The second kappa shape index (κ2) is 10.5. The number of fused-ring (bicyclic) bond motifs is 3. The fourth-order valence-corrected chi connectivity index (χ4v) is 6.65. The minimum absolute atomic E-state index is 0.0435. The van der Waals surface area contributed by atoms with Crippen LogP contribution in [0.25, 0.3) is 0 Å². The molecule has 1 heterocycles. The van der Waals surface area contributed by atoms with Crippen molar-refractivity contribution in [3.63, 3.8) is 0 Å². The first kappa shape index (κ1) is 28.1. The summed E-state index contributed by atoms with van der Waals surface area (Å²) in [5.41, 5.74) is 0.286. The zero-order valence-corrected chi connectivity index (χ0v) is 22.5. The summed E-state index contributed by atoms with van der Waals surface area (Å²) >= 11 is 19.1. The first-order valence-electron chi connectivity index (χ1n) is 11.9. The summed E-state index contributed by atoms with van der Waals surface area (Å²) in [6.45, 7) is 0. The van der Waals surface area contributed by atoms with Crippen LogP contribution in [-0.4, -0.2) is 29.3 Å². The highest BCUT2D eigenvalue weighted by molar-refractivity contribution is 6.32. The van der Waals surface area contributed by atoms with Crippen LogP contribution in [0.3, 0.4) is 0 Å². The van der Waals surface area contributed by atoms with Crippen molar-refractivity contribution >= 4 is 52.7 Å². The number of carbonyl (C=O) groups excluding carboxylic acids is 2. The summed E-state index contributed by atoms with van der Waals surface area (Å²) in [4.78, 5) is 38.3. The summed E-state index contributed by atoms with van der Waals surface area (Å²) in [6, 6.07) is 13.2. The first-order valence-corrected chi connectivity index (χ1v) is 13.1. The molecule has 0 aromatic heterocycles. The predicted molar refractivity (Wildman–Crippen MR) is 145 cm³/mol. The third kappa shape index (κ3) is 4.66. The van der Waals surface area contributed by atoms with Gasteiger partial charge in [-0.15, -0.1) is 0 Å². The Balaban J connectivity index is 1.88. The fraction of sp³-hybridized carbons (Fsp3) is 0.214. The maximum Gasteiger partial charge on any atom is 0.471 e. The molecule has 1 aliphatic heterocycles. The van der Waals surface area contributed by atoms with E-state index in [2.05, 4.69) is 0 Å². The van der Waals surface area contributed by atoms with Gasteiger partial charge in [0.15, 0.2) is 0 Å². The highest BCUT2D eigenvalue weighted by Gasteiger charge is 2.59. The summed E-state index contributed by atoms with van der Waals surface area (Å²) in [7, 11) is 0. The normalized spacial score (nSPS) is 24.0. The molecule has 0 bridgehead atoms. The largest absolute Gasteiger partial charge is 0.471 e. The molecular weight excluding hydrogens is 592 g/mol. The van der Waals surface area contributed by atoms with E-state index < -0.39 is 46.8 Å².